The van der Waals surface area contributed by atoms with E-state index in [1.807, 2.05) is 38.1 Å². The molecule has 0 bridgehead atoms. The predicted molar refractivity (Wildman–Crippen MR) is 135 cm³/mol. The van der Waals surface area contributed by atoms with Crippen LogP contribution in [0.5, 0.6) is 11.5 Å². The van der Waals surface area contributed by atoms with Crippen LogP contribution in [0, 0.1) is 17.3 Å². The van der Waals surface area contributed by atoms with Gasteiger partial charge in [-0.3, -0.25) is 4.79 Å². The van der Waals surface area contributed by atoms with E-state index in [0.717, 1.165) is 11.3 Å². The fourth-order valence-electron chi connectivity index (χ4n) is 3.83. The van der Waals surface area contributed by atoms with E-state index in [-0.39, 0.29) is 18.7 Å². The number of benzene rings is 3. The minimum absolute atomic E-state index is 0.117. The molecule has 1 atom stereocenters. The molecule has 0 spiro atoms. The summed E-state index contributed by atoms with van der Waals surface area (Å²) in [6, 6.07) is 20.7. The van der Waals surface area contributed by atoms with E-state index in [1.54, 1.807) is 6.08 Å². The van der Waals surface area contributed by atoms with Gasteiger partial charge in [0, 0.05) is 19.1 Å². The summed E-state index contributed by atoms with van der Waals surface area (Å²) in [6.07, 6.45) is 3.78. The van der Waals surface area contributed by atoms with Gasteiger partial charge in [0.15, 0.2) is 11.5 Å². The standard InChI is InChI=1S/C29H30N2O3/c1-21(24-13-9-11-23-10-5-6-12-25(23)24)30-17-8-4-7-16-29(2,3)28(32)31-19-22-14-15-26-27(18-22)34-20-33-26/h4-6,8-15,18,21,30H,17,19-20H2,1-3H3,(H,31,32)/b8-4+/t21-/m1/s1. The monoisotopic (exact) mass is 454 g/mol. The van der Waals surface area contributed by atoms with E-state index in [0.29, 0.717) is 18.8 Å². The molecule has 0 saturated carbocycles. The summed E-state index contributed by atoms with van der Waals surface area (Å²) in [5.41, 5.74) is 1.43. The molecule has 0 unspecified atom stereocenters. The molecule has 1 amide bonds. The van der Waals surface area contributed by atoms with Crippen LogP contribution in [-0.4, -0.2) is 19.2 Å². The average molecular weight is 455 g/mol. The number of fused-ring (bicyclic) bond motifs is 2. The second kappa shape index (κ2) is 10.5. The third kappa shape index (κ3) is 5.59. The van der Waals surface area contributed by atoms with Gasteiger partial charge in [-0.15, -0.1) is 0 Å². The number of hydrogen-bond acceptors (Lipinski definition) is 4. The van der Waals surface area contributed by atoms with Crippen LogP contribution in [-0.2, 0) is 11.3 Å². The van der Waals surface area contributed by atoms with Gasteiger partial charge in [0.2, 0.25) is 12.7 Å². The Bertz CT molecular complexity index is 1260. The van der Waals surface area contributed by atoms with Crippen LogP contribution in [0.15, 0.2) is 72.8 Å². The Hall–Kier alpha value is -3.75. The molecule has 0 aliphatic carbocycles. The minimum Gasteiger partial charge on any atom is -0.454 e. The molecule has 0 saturated heterocycles. The quantitative estimate of drug-likeness (QED) is 0.487. The van der Waals surface area contributed by atoms with Crippen molar-refractivity contribution in [3.63, 3.8) is 0 Å². The zero-order chi connectivity index (χ0) is 24.0. The van der Waals surface area contributed by atoms with E-state index >= 15 is 0 Å². The van der Waals surface area contributed by atoms with E-state index in [2.05, 4.69) is 71.9 Å². The topological polar surface area (TPSA) is 59.6 Å². The second-order valence-corrected chi connectivity index (χ2v) is 8.87. The highest BCUT2D eigenvalue weighted by Crippen LogP contribution is 2.32. The summed E-state index contributed by atoms with van der Waals surface area (Å²) in [6.45, 7) is 7.14. The lowest BCUT2D eigenvalue weighted by Gasteiger charge is -2.17. The average Bonchev–Trinajstić information content (AvgIpc) is 3.32. The van der Waals surface area contributed by atoms with Gasteiger partial charge in [0.1, 0.15) is 5.41 Å². The van der Waals surface area contributed by atoms with Crippen LogP contribution < -0.4 is 20.1 Å². The second-order valence-electron chi connectivity index (χ2n) is 8.87. The van der Waals surface area contributed by atoms with Gasteiger partial charge in [-0.2, -0.15) is 0 Å². The number of allylic oxidation sites excluding steroid dienone is 1. The third-order valence-corrected chi connectivity index (χ3v) is 5.88. The molecule has 174 valence electrons. The lowest BCUT2D eigenvalue weighted by atomic mass is 9.93. The Morgan fingerprint density at radius 2 is 1.88 bits per heavy atom. The van der Waals surface area contributed by atoms with Crippen LogP contribution in [0.1, 0.15) is 37.9 Å². The Morgan fingerprint density at radius 1 is 1.09 bits per heavy atom. The maximum absolute atomic E-state index is 12.6. The van der Waals surface area contributed by atoms with Crippen molar-refractivity contribution < 1.29 is 14.3 Å². The van der Waals surface area contributed by atoms with Gasteiger partial charge in [-0.1, -0.05) is 66.4 Å². The Kier molecular flexibility index (Phi) is 7.20. The molecule has 1 heterocycles. The lowest BCUT2D eigenvalue weighted by molar-refractivity contribution is -0.126. The maximum atomic E-state index is 12.6. The number of hydrogen-bond donors (Lipinski definition) is 2. The largest absolute Gasteiger partial charge is 0.454 e. The van der Waals surface area contributed by atoms with Gasteiger partial charge in [-0.05, 0) is 60.9 Å². The number of ether oxygens (including phenoxy) is 2. The SMILES string of the molecule is C[C@@H](NC/C=C/C#CC(C)(C)C(=O)NCc1ccc2c(c1)OCO2)c1cccc2ccccc12. The molecule has 34 heavy (non-hydrogen) atoms. The fourth-order valence-corrected chi connectivity index (χ4v) is 3.83. The van der Waals surface area contributed by atoms with Crippen molar-refractivity contribution in [1.82, 2.24) is 10.6 Å². The summed E-state index contributed by atoms with van der Waals surface area (Å²) in [4.78, 5) is 12.6. The molecule has 0 radical (unpaired) electrons. The third-order valence-electron chi connectivity index (χ3n) is 5.88. The summed E-state index contributed by atoms with van der Waals surface area (Å²) in [5, 5.41) is 8.98. The van der Waals surface area contributed by atoms with E-state index in [1.165, 1.54) is 16.3 Å². The first kappa shape index (κ1) is 23.4. The van der Waals surface area contributed by atoms with Gasteiger partial charge in [0.25, 0.3) is 0 Å². The van der Waals surface area contributed by atoms with Crippen molar-refractivity contribution >= 4 is 16.7 Å². The molecule has 3 aromatic carbocycles. The van der Waals surface area contributed by atoms with Crippen molar-refractivity contribution in [3.8, 4) is 23.3 Å². The molecule has 5 nitrogen and oxygen atoms in total. The highest BCUT2D eigenvalue weighted by atomic mass is 16.7. The molecule has 1 aliphatic rings. The van der Waals surface area contributed by atoms with E-state index in [4.69, 9.17) is 9.47 Å². The molecule has 1 aliphatic heterocycles. The zero-order valence-electron chi connectivity index (χ0n) is 19.9. The Labute approximate surface area is 201 Å². The zero-order valence-corrected chi connectivity index (χ0v) is 19.9. The van der Waals surface area contributed by atoms with Crippen molar-refractivity contribution in [3.05, 3.63) is 83.9 Å². The summed E-state index contributed by atoms with van der Waals surface area (Å²) < 4.78 is 10.7. The lowest BCUT2D eigenvalue weighted by Crippen LogP contribution is -2.35. The van der Waals surface area contributed by atoms with Crippen LogP contribution >= 0.6 is 0 Å². The normalized spacial score (nSPS) is 13.5. The highest BCUT2D eigenvalue weighted by molar-refractivity contribution is 5.86. The van der Waals surface area contributed by atoms with Crippen molar-refractivity contribution in [2.75, 3.05) is 13.3 Å². The molecule has 0 fully saturated rings. The number of nitrogens with one attached hydrogen (secondary N) is 2. The first-order valence-electron chi connectivity index (χ1n) is 11.5. The number of carbonyl (C=O) groups excluding carboxylic acids is 1. The van der Waals surface area contributed by atoms with Gasteiger partial charge >= 0.3 is 0 Å². The van der Waals surface area contributed by atoms with Crippen LogP contribution in [0.25, 0.3) is 10.8 Å². The summed E-state index contributed by atoms with van der Waals surface area (Å²) >= 11 is 0. The number of rotatable bonds is 7. The first-order chi connectivity index (χ1) is 16.4. The number of carbonyl (C=O) groups is 1. The molecular formula is C29H30N2O3. The predicted octanol–water partition coefficient (Wildman–Crippen LogP) is 5.12. The summed E-state index contributed by atoms with van der Waals surface area (Å²) in [5.74, 6) is 7.39. The molecule has 4 rings (SSSR count). The molecule has 3 aromatic rings. The van der Waals surface area contributed by atoms with Gasteiger partial charge < -0.3 is 20.1 Å². The maximum Gasteiger partial charge on any atom is 0.237 e. The van der Waals surface area contributed by atoms with Crippen LogP contribution in [0.3, 0.4) is 0 Å². The van der Waals surface area contributed by atoms with Crippen LogP contribution in [0.4, 0.5) is 0 Å². The Balaban J connectivity index is 1.26. The van der Waals surface area contributed by atoms with E-state index < -0.39 is 5.41 Å². The van der Waals surface area contributed by atoms with E-state index in [9.17, 15) is 4.79 Å². The van der Waals surface area contributed by atoms with Gasteiger partial charge in [0.05, 0.1) is 0 Å². The van der Waals surface area contributed by atoms with Crippen molar-refractivity contribution in [1.29, 1.82) is 0 Å². The van der Waals surface area contributed by atoms with Gasteiger partial charge in [-0.25, -0.2) is 0 Å². The smallest absolute Gasteiger partial charge is 0.237 e. The number of amides is 1. The molecule has 0 aromatic heterocycles. The summed E-state index contributed by atoms with van der Waals surface area (Å²) in [7, 11) is 0. The van der Waals surface area contributed by atoms with Crippen molar-refractivity contribution in [2.24, 2.45) is 5.41 Å². The minimum atomic E-state index is -0.801. The molecular weight excluding hydrogens is 424 g/mol. The first-order valence-corrected chi connectivity index (χ1v) is 11.5. The fraction of sp³-hybridized carbons (Fsp3) is 0.276. The van der Waals surface area contributed by atoms with Crippen molar-refractivity contribution in [2.45, 2.75) is 33.4 Å². The molecule has 2 N–H and O–H groups in total. The molecule has 5 heteroatoms. The highest BCUT2D eigenvalue weighted by Gasteiger charge is 2.25. The van der Waals surface area contributed by atoms with Crippen LogP contribution in [0.2, 0.25) is 0 Å². The Morgan fingerprint density at radius 3 is 2.76 bits per heavy atom.